The number of nitrogens with zero attached hydrogens (tertiary/aromatic N) is 2. The summed E-state index contributed by atoms with van der Waals surface area (Å²) in [6.45, 7) is -0.0663. The van der Waals surface area contributed by atoms with Gasteiger partial charge >= 0.3 is 0 Å². The normalized spacial score (nSPS) is 10.7. The molecule has 16 heavy (non-hydrogen) atoms. The second kappa shape index (κ2) is 4.38. The van der Waals surface area contributed by atoms with Gasteiger partial charge in [0.15, 0.2) is 0 Å². The molecule has 0 fully saturated rings. The van der Waals surface area contributed by atoms with Crippen molar-refractivity contribution in [2.45, 2.75) is 13.2 Å². The van der Waals surface area contributed by atoms with Gasteiger partial charge in [-0.05, 0) is 17.7 Å². The Morgan fingerprint density at radius 3 is 2.88 bits per heavy atom. The van der Waals surface area contributed by atoms with E-state index in [0.29, 0.717) is 5.56 Å². The van der Waals surface area contributed by atoms with Crippen LogP contribution in [0.15, 0.2) is 22.7 Å². The molecule has 0 bridgehead atoms. The van der Waals surface area contributed by atoms with Crippen LogP contribution in [0.3, 0.4) is 0 Å². The highest BCUT2D eigenvalue weighted by Crippen LogP contribution is 2.21. The minimum atomic E-state index is -0.471. The summed E-state index contributed by atoms with van der Waals surface area (Å²) in [7, 11) is 0. The topological polar surface area (TPSA) is 85.2 Å². The maximum atomic E-state index is 13.5. The number of nitrogens with two attached hydrogens (primary N) is 1. The standard InChI is InChI=1S/C10H10FN3O2/c11-8-2-1-6(5-15)3-7(8)10-13-9(4-12)16-14-10/h1-3,15H,4-5,12H2. The minimum Gasteiger partial charge on any atom is -0.392 e. The Labute approximate surface area is 90.7 Å². The molecule has 0 amide bonds. The molecule has 0 aliphatic heterocycles. The summed E-state index contributed by atoms with van der Waals surface area (Å²) >= 11 is 0. The maximum Gasteiger partial charge on any atom is 0.240 e. The molecule has 1 aromatic carbocycles. The van der Waals surface area contributed by atoms with Gasteiger partial charge in [0.05, 0.1) is 18.7 Å². The molecule has 2 aromatic rings. The van der Waals surface area contributed by atoms with E-state index in [1.54, 1.807) is 0 Å². The van der Waals surface area contributed by atoms with Crippen molar-refractivity contribution >= 4 is 0 Å². The number of hydrogen-bond acceptors (Lipinski definition) is 5. The largest absolute Gasteiger partial charge is 0.392 e. The van der Waals surface area contributed by atoms with Gasteiger partial charge in [-0.2, -0.15) is 4.98 Å². The number of halogens is 1. The molecule has 5 nitrogen and oxygen atoms in total. The number of aliphatic hydroxyl groups is 1. The highest BCUT2D eigenvalue weighted by atomic mass is 19.1. The Hall–Kier alpha value is -1.79. The van der Waals surface area contributed by atoms with E-state index in [1.165, 1.54) is 18.2 Å². The van der Waals surface area contributed by atoms with E-state index >= 15 is 0 Å². The van der Waals surface area contributed by atoms with Gasteiger partial charge in [0.25, 0.3) is 0 Å². The average molecular weight is 223 g/mol. The van der Waals surface area contributed by atoms with Gasteiger partial charge in [-0.1, -0.05) is 11.2 Å². The van der Waals surface area contributed by atoms with E-state index in [4.69, 9.17) is 15.4 Å². The SMILES string of the molecule is NCc1nc(-c2cc(CO)ccc2F)no1. The third-order valence-electron chi connectivity index (χ3n) is 2.10. The van der Waals surface area contributed by atoms with Crippen LogP contribution in [0.1, 0.15) is 11.5 Å². The summed E-state index contributed by atoms with van der Waals surface area (Å²) < 4.78 is 18.3. The van der Waals surface area contributed by atoms with Crippen molar-refractivity contribution in [3.8, 4) is 11.4 Å². The quantitative estimate of drug-likeness (QED) is 0.804. The highest BCUT2D eigenvalue weighted by molar-refractivity contribution is 5.56. The Kier molecular flexibility index (Phi) is 2.93. The van der Waals surface area contributed by atoms with Crippen molar-refractivity contribution < 1.29 is 14.0 Å². The molecule has 0 aliphatic rings. The second-order valence-electron chi connectivity index (χ2n) is 3.19. The fourth-order valence-corrected chi connectivity index (χ4v) is 1.29. The van der Waals surface area contributed by atoms with Crippen LogP contribution in [0.5, 0.6) is 0 Å². The number of aromatic nitrogens is 2. The molecule has 0 saturated carbocycles. The first-order chi connectivity index (χ1) is 7.74. The fraction of sp³-hybridized carbons (Fsp3) is 0.200. The molecular weight excluding hydrogens is 213 g/mol. The Bertz CT molecular complexity index is 499. The second-order valence-corrected chi connectivity index (χ2v) is 3.19. The van der Waals surface area contributed by atoms with Crippen molar-refractivity contribution in [1.29, 1.82) is 0 Å². The van der Waals surface area contributed by atoms with E-state index in [2.05, 4.69) is 10.1 Å². The van der Waals surface area contributed by atoms with Crippen LogP contribution in [0, 0.1) is 5.82 Å². The zero-order chi connectivity index (χ0) is 11.5. The maximum absolute atomic E-state index is 13.5. The van der Waals surface area contributed by atoms with Gasteiger partial charge in [-0.15, -0.1) is 0 Å². The van der Waals surface area contributed by atoms with E-state index < -0.39 is 5.82 Å². The fourth-order valence-electron chi connectivity index (χ4n) is 1.29. The molecule has 0 saturated heterocycles. The Morgan fingerprint density at radius 1 is 1.44 bits per heavy atom. The number of rotatable bonds is 3. The molecule has 2 rings (SSSR count). The Morgan fingerprint density at radius 2 is 2.25 bits per heavy atom. The van der Waals surface area contributed by atoms with Gasteiger partial charge < -0.3 is 15.4 Å². The summed E-state index contributed by atoms with van der Waals surface area (Å²) in [6.07, 6.45) is 0. The summed E-state index contributed by atoms with van der Waals surface area (Å²) in [6, 6.07) is 4.21. The van der Waals surface area contributed by atoms with Gasteiger partial charge in [-0.3, -0.25) is 0 Å². The molecule has 1 heterocycles. The lowest BCUT2D eigenvalue weighted by Crippen LogP contribution is -1.96. The van der Waals surface area contributed by atoms with Crippen LogP contribution < -0.4 is 5.73 Å². The molecule has 1 aromatic heterocycles. The highest BCUT2D eigenvalue weighted by Gasteiger charge is 2.12. The number of hydrogen-bond donors (Lipinski definition) is 2. The van der Waals surface area contributed by atoms with E-state index in [0.717, 1.165) is 0 Å². The first-order valence-electron chi connectivity index (χ1n) is 4.67. The molecule has 0 unspecified atom stereocenters. The van der Waals surface area contributed by atoms with Gasteiger partial charge in [0.2, 0.25) is 11.7 Å². The monoisotopic (exact) mass is 223 g/mol. The van der Waals surface area contributed by atoms with Gasteiger partial charge in [0.1, 0.15) is 5.82 Å². The first-order valence-corrected chi connectivity index (χ1v) is 4.67. The molecule has 6 heteroatoms. The van der Waals surface area contributed by atoms with Crippen LogP contribution in [-0.4, -0.2) is 15.2 Å². The summed E-state index contributed by atoms with van der Waals surface area (Å²) in [5.41, 5.74) is 6.07. The summed E-state index contributed by atoms with van der Waals surface area (Å²) in [5.74, 6) is -0.0985. The van der Waals surface area contributed by atoms with E-state index in [-0.39, 0.29) is 30.4 Å². The van der Waals surface area contributed by atoms with Crippen molar-refractivity contribution in [2.75, 3.05) is 0 Å². The van der Waals surface area contributed by atoms with Crippen molar-refractivity contribution in [1.82, 2.24) is 10.1 Å². The lowest BCUT2D eigenvalue weighted by atomic mass is 10.1. The van der Waals surface area contributed by atoms with Crippen LogP contribution in [0.25, 0.3) is 11.4 Å². The first kappa shape index (κ1) is 10.7. The molecule has 84 valence electrons. The van der Waals surface area contributed by atoms with Gasteiger partial charge in [0, 0.05) is 0 Å². The molecule has 0 radical (unpaired) electrons. The van der Waals surface area contributed by atoms with Crippen LogP contribution in [0.2, 0.25) is 0 Å². The van der Waals surface area contributed by atoms with Crippen LogP contribution >= 0.6 is 0 Å². The molecule has 3 N–H and O–H groups in total. The van der Waals surface area contributed by atoms with Crippen LogP contribution in [0.4, 0.5) is 4.39 Å². The summed E-state index contributed by atoms with van der Waals surface area (Å²) in [4.78, 5) is 3.91. The zero-order valence-corrected chi connectivity index (χ0v) is 8.35. The lowest BCUT2D eigenvalue weighted by Gasteiger charge is -2.00. The molecule has 0 spiro atoms. The van der Waals surface area contributed by atoms with Crippen molar-refractivity contribution in [3.63, 3.8) is 0 Å². The smallest absolute Gasteiger partial charge is 0.240 e. The summed E-state index contributed by atoms with van der Waals surface area (Å²) in [5, 5.41) is 12.6. The average Bonchev–Trinajstić information content (AvgIpc) is 2.78. The predicted octanol–water partition coefficient (Wildman–Crippen LogP) is 0.827. The van der Waals surface area contributed by atoms with Gasteiger partial charge in [-0.25, -0.2) is 4.39 Å². The minimum absolute atomic E-state index is 0.105. The van der Waals surface area contributed by atoms with E-state index in [9.17, 15) is 4.39 Å². The lowest BCUT2D eigenvalue weighted by molar-refractivity contribution is 0.281. The zero-order valence-electron chi connectivity index (χ0n) is 8.35. The van der Waals surface area contributed by atoms with Crippen LogP contribution in [-0.2, 0) is 13.2 Å². The third-order valence-corrected chi connectivity index (χ3v) is 2.10. The van der Waals surface area contributed by atoms with E-state index in [1.807, 2.05) is 0 Å². The third kappa shape index (κ3) is 1.93. The molecule has 0 aliphatic carbocycles. The predicted molar refractivity (Wildman–Crippen MR) is 53.5 cm³/mol. The Balaban J connectivity index is 2.45. The molecule has 0 atom stereocenters. The number of aliphatic hydroxyl groups excluding tert-OH is 1. The van der Waals surface area contributed by atoms with Crippen molar-refractivity contribution in [3.05, 3.63) is 35.5 Å². The number of benzene rings is 1. The molecular formula is C10H10FN3O2. The van der Waals surface area contributed by atoms with Crippen molar-refractivity contribution in [2.24, 2.45) is 5.73 Å².